The number of hydrogen-bond acceptors (Lipinski definition) is 4. The summed E-state index contributed by atoms with van der Waals surface area (Å²) in [5.41, 5.74) is 1.13. The highest BCUT2D eigenvalue weighted by atomic mass is 35.5. The Morgan fingerprint density at radius 2 is 1.93 bits per heavy atom. The van der Waals surface area contributed by atoms with E-state index in [0.29, 0.717) is 28.1 Å². The van der Waals surface area contributed by atoms with Crippen molar-refractivity contribution in [2.45, 2.75) is 11.7 Å². The highest BCUT2D eigenvalue weighted by Crippen LogP contribution is 2.32. The molecular weight excluding hydrogens is 401 g/mol. The summed E-state index contributed by atoms with van der Waals surface area (Å²) in [5.74, 6) is -0.918. The van der Waals surface area contributed by atoms with Gasteiger partial charge in [-0.15, -0.1) is 6.58 Å². The van der Waals surface area contributed by atoms with Crippen molar-refractivity contribution in [1.82, 2.24) is 4.90 Å². The number of halogens is 2. The summed E-state index contributed by atoms with van der Waals surface area (Å²) in [7, 11) is 0. The molecule has 8 heteroatoms. The van der Waals surface area contributed by atoms with E-state index in [2.05, 4.69) is 16.9 Å². The van der Waals surface area contributed by atoms with Crippen LogP contribution in [0, 0.1) is 5.82 Å². The predicted molar refractivity (Wildman–Crippen MR) is 111 cm³/mol. The Balaban J connectivity index is 1.72. The van der Waals surface area contributed by atoms with E-state index in [1.807, 2.05) is 0 Å². The second kappa shape index (κ2) is 9.03. The predicted octanol–water partition coefficient (Wildman–Crippen LogP) is 4.63. The van der Waals surface area contributed by atoms with Gasteiger partial charge < -0.3 is 5.32 Å². The average Bonchev–Trinajstić information content (AvgIpc) is 2.94. The molecule has 0 saturated carbocycles. The number of amides is 2. The maximum atomic E-state index is 13.0. The highest BCUT2D eigenvalue weighted by Gasteiger charge is 2.38. The number of benzene rings is 2. The summed E-state index contributed by atoms with van der Waals surface area (Å²) in [6.07, 6.45) is 1.59. The van der Waals surface area contributed by atoms with E-state index < -0.39 is 5.25 Å². The molecule has 1 aliphatic heterocycles. The molecule has 1 saturated heterocycles. The topological polar surface area (TPSA) is 61.8 Å². The number of nitrogens with zero attached hydrogens (tertiary/aromatic N) is 2. The molecule has 144 valence electrons. The number of nitrogens with one attached hydrogen (secondary N) is 1. The summed E-state index contributed by atoms with van der Waals surface area (Å²) in [4.78, 5) is 31.0. The monoisotopic (exact) mass is 417 g/mol. The van der Waals surface area contributed by atoms with Crippen molar-refractivity contribution in [2.75, 3.05) is 11.9 Å². The molecule has 28 heavy (non-hydrogen) atoms. The van der Waals surface area contributed by atoms with Gasteiger partial charge in [-0.05, 0) is 48.5 Å². The molecule has 0 aromatic heterocycles. The summed E-state index contributed by atoms with van der Waals surface area (Å²) < 4.78 is 13.0. The second-order valence-electron chi connectivity index (χ2n) is 5.97. The lowest BCUT2D eigenvalue weighted by Crippen LogP contribution is -2.33. The van der Waals surface area contributed by atoms with Gasteiger partial charge in [0.1, 0.15) is 11.1 Å². The quantitative estimate of drug-likeness (QED) is 0.697. The van der Waals surface area contributed by atoms with E-state index in [1.54, 1.807) is 30.3 Å². The smallest absolute Gasteiger partial charge is 0.242 e. The molecule has 3 rings (SSSR count). The van der Waals surface area contributed by atoms with Crippen molar-refractivity contribution in [1.29, 1.82) is 0 Å². The number of carbonyl (C=O) groups excluding carboxylic acids is 2. The van der Waals surface area contributed by atoms with Gasteiger partial charge in [0, 0.05) is 23.7 Å². The van der Waals surface area contributed by atoms with Crippen LogP contribution in [-0.2, 0) is 9.59 Å². The zero-order chi connectivity index (χ0) is 20.1. The number of carbonyl (C=O) groups is 2. The maximum absolute atomic E-state index is 13.0. The van der Waals surface area contributed by atoms with Crippen LogP contribution >= 0.6 is 23.4 Å². The van der Waals surface area contributed by atoms with Gasteiger partial charge in [0.05, 0.1) is 5.69 Å². The van der Waals surface area contributed by atoms with Crippen molar-refractivity contribution < 1.29 is 14.0 Å². The first-order valence-electron chi connectivity index (χ1n) is 8.45. The third kappa shape index (κ3) is 4.99. The molecule has 1 aliphatic rings. The Bertz CT molecular complexity index is 916. The van der Waals surface area contributed by atoms with E-state index in [4.69, 9.17) is 11.6 Å². The molecule has 2 amide bonds. The molecule has 1 heterocycles. The lowest BCUT2D eigenvalue weighted by atomic mass is 10.2. The number of hydrogen-bond donors (Lipinski definition) is 1. The largest absolute Gasteiger partial charge is 0.326 e. The van der Waals surface area contributed by atoms with Crippen LogP contribution < -0.4 is 5.32 Å². The fraction of sp³-hybridized carbons (Fsp3) is 0.150. The lowest BCUT2D eigenvalue weighted by Gasteiger charge is -2.13. The van der Waals surface area contributed by atoms with Gasteiger partial charge >= 0.3 is 0 Å². The normalized spacial score (nSPS) is 17.8. The van der Waals surface area contributed by atoms with Crippen molar-refractivity contribution in [3.05, 3.63) is 72.0 Å². The van der Waals surface area contributed by atoms with Crippen molar-refractivity contribution in [3.8, 4) is 0 Å². The molecule has 2 aromatic rings. The Labute approximate surface area is 171 Å². The molecule has 0 aliphatic carbocycles. The number of amidine groups is 1. The summed E-state index contributed by atoms with van der Waals surface area (Å²) in [5, 5.41) is 3.18. The molecular formula is C20H17ClFN3O2S. The van der Waals surface area contributed by atoms with Crippen molar-refractivity contribution in [3.63, 3.8) is 0 Å². The minimum Gasteiger partial charge on any atom is -0.326 e. The standard InChI is InChI=1S/C20H17ClFN3O2S/c1-2-11-25-19(27)17(12-18(26)23-15-9-5-14(22)6-10-15)28-20(25)24-16-7-3-13(21)4-8-16/h2-10,17H,1,11-12H2,(H,23,26). The first-order chi connectivity index (χ1) is 13.5. The van der Waals surface area contributed by atoms with Gasteiger partial charge in [0.15, 0.2) is 5.17 Å². The second-order valence-corrected chi connectivity index (χ2v) is 7.58. The van der Waals surface area contributed by atoms with Gasteiger partial charge in [0.25, 0.3) is 0 Å². The molecule has 0 spiro atoms. The van der Waals surface area contributed by atoms with Crippen LogP contribution in [0.4, 0.5) is 15.8 Å². The van der Waals surface area contributed by atoms with E-state index >= 15 is 0 Å². The molecule has 2 aromatic carbocycles. The maximum Gasteiger partial charge on any atom is 0.242 e. The van der Waals surface area contributed by atoms with Crippen LogP contribution in [0.5, 0.6) is 0 Å². The third-order valence-electron chi connectivity index (χ3n) is 3.88. The summed E-state index contributed by atoms with van der Waals surface area (Å²) in [6, 6.07) is 12.4. The zero-order valence-electron chi connectivity index (χ0n) is 14.8. The zero-order valence-corrected chi connectivity index (χ0v) is 16.3. The molecule has 1 fully saturated rings. The van der Waals surface area contributed by atoms with Crippen LogP contribution in [0.15, 0.2) is 66.2 Å². The van der Waals surface area contributed by atoms with Crippen LogP contribution in [0.2, 0.25) is 5.02 Å². The first-order valence-corrected chi connectivity index (χ1v) is 9.70. The fourth-order valence-corrected chi connectivity index (χ4v) is 3.85. The van der Waals surface area contributed by atoms with E-state index in [1.165, 1.54) is 40.9 Å². The molecule has 1 unspecified atom stereocenters. The van der Waals surface area contributed by atoms with Gasteiger partial charge in [-0.2, -0.15) is 0 Å². The van der Waals surface area contributed by atoms with Gasteiger partial charge in [-0.1, -0.05) is 29.4 Å². The Hall–Kier alpha value is -2.64. The lowest BCUT2D eigenvalue weighted by molar-refractivity contribution is -0.127. The van der Waals surface area contributed by atoms with Gasteiger partial charge in [-0.3, -0.25) is 14.5 Å². The number of rotatable bonds is 6. The van der Waals surface area contributed by atoms with E-state index in [9.17, 15) is 14.0 Å². The number of thioether (sulfide) groups is 1. The molecule has 1 N–H and O–H groups in total. The fourth-order valence-electron chi connectivity index (χ4n) is 2.56. The SMILES string of the molecule is C=CCN1C(=O)C(CC(=O)Nc2ccc(F)cc2)SC1=Nc1ccc(Cl)cc1. The molecule has 1 atom stereocenters. The Morgan fingerprint density at radius 3 is 2.57 bits per heavy atom. The molecule has 0 bridgehead atoms. The minimum atomic E-state index is -0.591. The summed E-state index contributed by atoms with van der Waals surface area (Å²) in [6.45, 7) is 3.98. The first kappa shape index (κ1) is 20.1. The highest BCUT2D eigenvalue weighted by molar-refractivity contribution is 8.15. The van der Waals surface area contributed by atoms with E-state index in [0.717, 1.165) is 0 Å². The van der Waals surface area contributed by atoms with Gasteiger partial charge in [0.2, 0.25) is 11.8 Å². The minimum absolute atomic E-state index is 0.0197. The van der Waals surface area contributed by atoms with Crippen molar-refractivity contribution in [2.24, 2.45) is 4.99 Å². The van der Waals surface area contributed by atoms with Crippen LogP contribution in [-0.4, -0.2) is 33.7 Å². The molecule has 0 radical (unpaired) electrons. The number of aliphatic imine (C=N–C) groups is 1. The Kier molecular flexibility index (Phi) is 6.49. The summed E-state index contributed by atoms with van der Waals surface area (Å²) >= 11 is 7.12. The Morgan fingerprint density at radius 1 is 1.25 bits per heavy atom. The van der Waals surface area contributed by atoms with Gasteiger partial charge in [-0.25, -0.2) is 9.38 Å². The average molecular weight is 418 g/mol. The number of anilines is 1. The molecule has 5 nitrogen and oxygen atoms in total. The van der Waals surface area contributed by atoms with E-state index in [-0.39, 0.29) is 24.1 Å². The van der Waals surface area contributed by atoms with Crippen LogP contribution in [0.25, 0.3) is 0 Å². The van der Waals surface area contributed by atoms with Crippen LogP contribution in [0.1, 0.15) is 6.42 Å². The third-order valence-corrected chi connectivity index (χ3v) is 5.31. The van der Waals surface area contributed by atoms with Crippen LogP contribution in [0.3, 0.4) is 0 Å². The van der Waals surface area contributed by atoms with Crippen molar-refractivity contribution >= 4 is 51.7 Å².